The standard InChI is InChI=1S/C13H24NOSi2.2ClH.Zr/c1-16(2,3)15-10-6-9-14-11-7-8-12-13(11)17(12,4)5;;;/h14H,6-7,9-10H2,1-5H3;2*1H;/q;;;+2/p-2. The third-order valence-corrected chi connectivity index (χ3v) is 9.68. The van der Waals surface area contributed by atoms with Crippen LogP contribution in [0.3, 0.4) is 0 Å². The Morgan fingerprint density at radius 3 is 2.25 bits per heavy atom. The average molecular weight is 429 g/mol. The van der Waals surface area contributed by atoms with Gasteiger partial charge in [-0.15, -0.1) is 0 Å². The summed E-state index contributed by atoms with van der Waals surface area (Å²) in [5.74, 6) is 0. The van der Waals surface area contributed by atoms with Crippen molar-refractivity contribution in [1.29, 1.82) is 0 Å². The van der Waals surface area contributed by atoms with Gasteiger partial charge in [0.25, 0.3) is 0 Å². The van der Waals surface area contributed by atoms with E-state index in [0.29, 0.717) is 0 Å². The van der Waals surface area contributed by atoms with Crippen LogP contribution in [0.25, 0.3) is 0 Å². The minimum absolute atomic E-state index is 0. The van der Waals surface area contributed by atoms with E-state index < -0.39 is 16.4 Å². The van der Waals surface area contributed by atoms with Crippen LogP contribution in [-0.4, -0.2) is 29.5 Å². The summed E-state index contributed by atoms with van der Waals surface area (Å²) in [4.78, 5) is 0. The number of allylic oxidation sites excluding steroid dienone is 3. The second-order valence-corrected chi connectivity index (χ2v) is 17.0. The molecule has 0 aromatic rings. The molecule has 0 saturated carbocycles. The fraction of sp³-hybridized carbons (Fsp3) is 0.692. The Morgan fingerprint density at radius 1 is 1.20 bits per heavy atom. The van der Waals surface area contributed by atoms with Gasteiger partial charge in [0, 0.05) is 0 Å². The number of hydrogen-bond acceptors (Lipinski definition) is 2. The van der Waals surface area contributed by atoms with Gasteiger partial charge in [-0.25, -0.2) is 0 Å². The SMILES string of the molecule is C[Si](C)(C)OCCCNC1=C2C(=[C]([Zr+2])C1)[Si]2(C)C.[Cl-].[Cl-]. The van der Waals surface area contributed by atoms with Gasteiger partial charge in [0.2, 0.25) is 0 Å². The van der Waals surface area contributed by atoms with Crippen molar-refractivity contribution in [2.24, 2.45) is 0 Å². The molecule has 1 N–H and O–H groups in total. The molecule has 0 atom stereocenters. The Kier molecular flexibility index (Phi) is 8.04. The summed E-state index contributed by atoms with van der Waals surface area (Å²) in [6.45, 7) is 13.7. The molecule has 0 aromatic carbocycles. The first-order chi connectivity index (χ1) is 8.23. The minimum Gasteiger partial charge on any atom is -1.00 e. The van der Waals surface area contributed by atoms with Gasteiger partial charge in [0.05, 0.1) is 0 Å². The van der Waals surface area contributed by atoms with E-state index in [0.717, 1.165) is 19.6 Å². The first-order valence-electron chi connectivity index (χ1n) is 6.80. The number of fused-ring (bicyclic) bond motifs is 1. The van der Waals surface area contributed by atoms with Crippen LogP contribution in [0.5, 0.6) is 0 Å². The van der Waals surface area contributed by atoms with Crippen molar-refractivity contribution >= 4 is 16.4 Å². The molecule has 113 valence electrons. The minimum atomic E-state index is -1.32. The Bertz CT molecular complexity index is 431. The summed E-state index contributed by atoms with van der Waals surface area (Å²) in [7, 11) is -2.35. The van der Waals surface area contributed by atoms with Crippen LogP contribution in [0.1, 0.15) is 12.8 Å². The van der Waals surface area contributed by atoms with E-state index in [1.807, 2.05) is 0 Å². The molecule has 1 heterocycles. The summed E-state index contributed by atoms with van der Waals surface area (Å²) in [6, 6.07) is 0. The molecule has 2 rings (SSSR count). The maximum absolute atomic E-state index is 5.88. The molecule has 0 amide bonds. The first-order valence-corrected chi connectivity index (χ1v) is 14.4. The predicted octanol–water partition coefficient (Wildman–Crippen LogP) is -2.92. The first kappa shape index (κ1) is 21.1. The molecule has 0 bridgehead atoms. The van der Waals surface area contributed by atoms with Gasteiger partial charge >= 0.3 is 129 Å². The molecule has 20 heavy (non-hydrogen) atoms. The van der Waals surface area contributed by atoms with Crippen molar-refractivity contribution in [2.75, 3.05) is 13.2 Å². The van der Waals surface area contributed by atoms with Crippen LogP contribution in [0.2, 0.25) is 32.7 Å². The Labute approximate surface area is 153 Å². The van der Waals surface area contributed by atoms with Crippen LogP contribution in [0.4, 0.5) is 0 Å². The molecule has 1 fully saturated rings. The molecular formula is C13H24Cl2NOSi2Zr. The third-order valence-electron chi connectivity index (χ3n) is 3.59. The van der Waals surface area contributed by atoms with Crippen molar-refractivity contribution < 1.29 is 54.0 Å². The van der Waals surface area contributed by atoms with Gasteiger partial charge in [-0.3, -0.25) is 0 Å². The third kappa shape index (κ3) is 4.82. The second-order valence-electron chi connectivity index (χ2n) is 6.75. The van der Waals surface area contributed by atoms with Gasteiger partial charge in [0.1, 0.15) is 0 Å². The smallest absolute Gasteiger partial charge is 1.00 e. The van der Waals surface area contributed by atoms with Crippen LogP contribution in [0, 0.1) is 0 Å². The van der Waals surface area contributed by atoms with E-state index in [1.165, 1.54) is 6.42 Å². The number of halogens is 2. The largest absolute Gasteiger partial charge is 1.00 e. The predicted molar refractivity (Wildman–Crippen MR) is 78.1 cm³/mol. The van der Waals surface area contributed by atoms with E-state index in [-0.39, 0.29) is 24.8 Å². The van der Waals surface area contributed by atoms with Gasteiger partial charge in [-0.05, 0) is 0 Å². The molecule has 2 nitrogen and oxygen atoms in total. The van der Waals surface area contributed by atoms with Crippen LogP contribution in [-0.2, 0) is 29.1 Å². The van der Waals surface area contributed by atoms with Crippen molar-refractivity contribution in [3.05, 3.63) is 19.4 Å². The quantitative estimate of drug-likeness (QED) is 0.362. The summed E-state index contributed by atoms with van der Waals surface area (Å²) in [6.07, 6.45) is 2.35. The maximum atomic E-state index is 5.88. The van der Waals surface area contributed by atoms with Gasteiger partial charge < -0.3 is 24.8 Å². The van der Waals surface area contributed by atoms with E-state index >= 15 is 0 Å². The molecule has 0 radical (unpaired) electrons. The zero-order valence-electron chi connectivity index (χ0n) is 13.0. The number of rotatable bonds is 6. The fourth-order valence-corrected chi connectivity index (χ4v) is 10.6. The summed E-state index contributed by atoms with van der Waals surface area (Å²) >= 11 is 1.62. The molecule has 0 aromatic heterocycles. The molecular weight excluding hydrogens is 404 g/mol. The van der Waals surface area contributed by atoms with Crippen LogP contribution >= 0.6 is 0 Å². The topological polar surface area (TPSA) is 21.3 Å². The summed E-state index contributed by atoms with van der Waals surface area (Å²) in [5, 5.41) is 7.21. The maximum Gasteiger partial charge on any atom is -1.00 e. The van der Waals surface area contributed by atoms with E-state index in [9.17, 15) is 0 Å². The summed E-state index contributed by atoms with van der Waals surface area (Å²) in [5.41, 5.74) is 1.56. The molecule has 2 aliphatic rings. The molecule has 0 spiro atoms. The van der Waals surface area contributed by atoms with Gasteiger partial charge in [-0.1, -0.05) is 0 Å². The average Bonchev–Trinajstić information content (AvgIpc) is 2.60. The van der Waals surface area contributed by atoms with E-state index in [1.54, 1.807) is 44.1 Å². The second kappa shape index (κ2) is 7.61. The van der Waals surface area contributed by atoms with Crippen molar-refractivity contribution in [2.45, 2.75) is 45.6 Å². The fourth-order valence-electron chi connectivity index (χ4n) is 2.72. The molecule has 1 saturated heterocycles. The van der Waals surface area contributed by atoms with E-state index in [4.69, 9.17) is 4.43 Å². The zero-order valence-corrected chi connectivity index (χ0v) is 19.0. The van der Waals surface area contributed by atoms with Crippen molar-refractivity contribution in [3.8, 4) is 0 Å². The number of nitrogens with one attached hydrogen (secondary N) is 1. The Hall–Kier alpha value is 1.14. The molecule has 1 aliphatic carbocycles. The van der Waals surface area contributed by atoms with Crippen molar-refractivity contribution in [1.82, 2.24) is 5.32 Å². The van der Waals surface area contributed by atoms with Gasteiger partial charge in [-0.2, -0.15) is 0 Å². The van der Waals surface area contributed by atoms with Crippen LogP contribution < -0.4 is 30.1 Å². The van der Waals surface area contributed by atoms with E-state index in [2.05, 4.69) is 38.1 Å². The normalized spacial score (nSPS) is 19.4. The Morgan fingerprint density at radius 2 is 1.80 bits per heavy atom. The zero-order chi connectivity index (χ0) is 13.6. The summed E-state index contributed by atoms with van der Waals surface area (Å²) < 4.78 is 7.60. The monoisotopic (exact) mass is 426 g/mol. The van der Waals surface area contributed by atoms with Crippen molar-refractivity contribution in [3.63, 3.8) is 0 Å². The molecule has 1 aliphatic heterocycles. The van der Waals surface area contributed by atoms with Crippen LogP contribution in [0.15, 0.2) is 19.4 Å². The Balaban J connectivity index is 0.00000180. The molecule has 0 unspecified atom stereocenters. The van der Waals surface area contributed by atoms with Gasteiger partial charge in [0.15, 0.2) is 0 Å². The molecule has 7 heteroatoms. The number of hydrogen-bond donors (Lipinski definition) is 1.